The van der Waals surface area contributed by atoms with Crippen LogP contribution < -0.4 is 19.8 Å². The van der Waals surface area contributed by atoms with Crippen LogP contribution in [0.1, 0.15) is 0 Å². The molecule has 0 unspecified atom stereocenters. The second kappa shape index (κ2) is 7.36. The lowest BCUT2D eigenvalue weighted by Gasteiger charge is -2.10. The van der Waals surface area contributed by atoms with Crippen LogP contribution in [0, 0.1) is 0 Å². The molecule has 7 heteroatoms. The molecule has 0 radical (unpaired) electrons. The first kappa shape index (κ1) is 18.1. The average Bonchev–Trinajstić information content (AvgIpc) is 3.18. The maximum Gasteiger partial charge on any atom is 0.267 e. The minimum atomic E-state index is -0.135. The van der Waals surface area contributed by atoms with Gasteiger partial charge in [-0.25, -0.2) is 4.98 Å². The molecule has 142 valence electrons. The van der Waals surface area contributed by atoms with Crippen molar-refractivity contribution in [2.75, 3.05) is 21.3 Å². The first-order valence-electron chi connectivity index (χ1n) is 8.52. The third-order valence-electron chi connectivity index (χ3n) is 4.52. The minimum absolute atomic E-state index is 0.135. The normalized spacial score (nSPS) is 10.8. The second-order valence-corrected chi connectivity index (χ2v) is 6.88. The van der Waals surface area contributed by atoms with Gasteiger partial charge in [0.2, 0.25) is 0 Å². The number of nitrogens with zero attached hydrogens (tertiary/aromatic N) is 2. The summed E-state index contributed by atoms with van der Waals surface area (Å²) in [5.74, 6) is 1.92. The van der Waals surface area contributed by atoms with Gasteiger partial charge in [0.15, 0.2) is 11.5 Å². The Hall–Kier alpha value is -3.32. The van der Waals surface area contributed by atoms with Crippen molar-refractivity contribution in [1.29, 1.82) is 0 Å². The van der Waals surface area contributed by atoms with E-state index in [1.54, 1.807) is 33.7 Å². The van der Waals surface area contributed by atoms with Gasteiger partial charge < -0.3 is 14.2 Å². The fraction of sp³-hybridized carbons (Fsp3) is 0.143. The van der Waals surface area contributed by atoms with Crippen LogP contribution in [-0.2, 0) is 0 Å². The molecule has 2 heterocycles. The molecule has 0 saturated heterocycles. The zero-order chi connectivity index (χ0) is 19.7. The lowest BCUT2D eigenvalue weighted by molar-refractivity contribution is 0.355. The Kier molecular flexibility index (Phi) is 4.75. The molecule has 28 heavy (non-hydrogen) atoms. The highest BCUT2D eigenvalue weighted by Gasteiger charge is 2.16. The van der Waals surface area contributed by atoms with E-state index in [4.69, 9.17) is 14.2 Å². The van der Waals surface area contributed by atoms with Gasteiger partial charge in [-0.15, -0.1) is 11.3 Å². The van der Waals surface area contributed by atoms with Crippen molar-refractivity contribution in [3.63, 3.8) is 0 Å². The number of methoxy groups -OCH3 is 3. The van der Waals surface area contributed by atoms with Crippen molar-refractivity contribution in [1.82, 2.24) is 9.55 Å². The lowest BCUT2D eigenvalue weighted by Crippen LogP contribution is -2.18. The third kappa shape index (κ3) is 2.99. The number of rotatable bonds is 5. The van der Waals surface area contributed by atoms with Gasteiger partial charge in [-0.05, 0) is 29.8 Å². The summed E-state index contributed by atoms with van der Waals surface area (Å²) in [5, 5.41) is 2.51. The fourth-order valence-corrected chi connectivity index (χ4v) is 4.00. The van der Waals surface area contributed by atoms with Crippen LogP contribution in [0.2, 0.25) is 0 Å². The summed E-state index contributed by atoms with van der Waals surface area (Å²) in [5.41, 5.74) is 2.24. The number of thiophene rings is 1. The molecule has 2 aromatic carbocycles. The highest BCUT2D eigenvalue weighted by atomic mass is 32.1. The predicted octanol–water partition coefficient (Wildman–Crippen LogP) is 4.14. The Morgan fingerprint density at radius 2 is 1.79 bits per heavy atom. The molecule has 2 aromatic heterocycles. The Labute approximate surface area is 165 Å². The Bertz CT molecular complexity index is 1210. The number of benzene rings is 2. The quantitative estimate of drug-likeness (QED) is 0.509. The Morgan fingerprint density at radius 3 is 2.54 bits per heavy atom. The van der Waals surface area contributed by atoms with Crippen molar-refractivity contribution >= 4 is 21.6 Å². The summed E-state index contributed by atoms with van der Waals surface area (Å²) >= 11 is 1.44. The van der Waals surface area contributed by atoms with Crippen molar-refractivity contribution in [3.8, 4) is 34.1 Å². The van der Waals surface area contributed by atoms with Gasteiger partial charge in [-0.3, -0.25) is 9.36 Å². The standard InChI is InChI=1S/C21H18N2O4S/c1-25-15-6-4-5-14(10-15)23-12-22-20-19(21(23)24)16(11-28-20)13-7-8-17(26-2)18(9-13)27-3/h4-12H,1-3H3. The SMILES string of the molecule is COc1cccc(-n2cnc3scc(-c4ccc(OC)c(OC)c4)c3c2=O)c1. The summed E-state index contributed by atoms with van der Waals surface area (Å²) in [4.78, 5) is 18.5. The molecule has 0 fully saturated rings. The van der Waals surface area contributed by atoms with Crippen molar-refractivity contribution in [2.45, 2.75) is 0 Å². The Balaban J connectivity index is 1.91. The summed E-state index contributed by atoms with van der Waals surface area (Å²) in [6.45, 7) is 0. The summed E-state index contributed by atoms with van der Waals surface area (Å²) < 4.78 is 17.5. The first-order valence-corrected chi connectivity index (χ1v) is 9.40. The van der Waals surface area contributed by atoms with Crippen LogP contribution >= 0.6 is 11.3 Å². The van der Waals surface area contributed by atoms with Crippen molar-refractivity contribution < 1.29 is 14.2 Å². The molecule has 0 aliphatic heterocycles. The molecule has 0 aliphatic rings. The maximum absolute atomic E-state index is 13.3. The van der Waals surface area contributed by atoms with Gasteiger partial charge in [0.1, 0.15) is 16.9 Å². The van der Waals surface area contributed by atoms with Gasteiger partial charge in [0.05, 0.1) is 32.4 Å². The van der Waals surface area contributed by atoms with E-state index in [0.29, 0.717) is 33.2 Å². The van der Waals surface area contributed by atoms with Gasteiger partial charge in [-0.1, -0.05) is 12.1 Å². The smallest absolute Gasteiger partial charge is 0.267 e. The zero-order valence-electron chi connectivity index (χ0n) is 15.6. The molecule has 0 N–H and O–H groups in total. The number of fused-ring (bicyclic) bond motifs is 1. The van der Waals surface area contributed by atoms with E-state index in [-0.39, 0.29) is 5.56 Å². The fourth-order valence-electron chi connectivity index (χ4n) is 3.09. The maximum atomic E-state index is 13.3. The second-order valence-electron chi connectivity index (χ2n) is 6.02. The molecule has 0 atom stereocenters. The molecular weight excluding hydrogens is 376 g/mol. The lowest BCUT2D eigenvalue weighted by atomic mass is 10.1. The van der Waals surface area contributed by atoms with Crippen LogP contribution in [0.15, 0.2) is 59.0 Å². The van der Waals surface area contributed by atoms with Gasteiger partial charge in [-0.2, -0.15) is 0 Å². The van der Waals surface area contributed by atoms with E-state index in [0.717, 1.165) is 11.1 Å². The Morgan fingerprint density at radius 1 is 0.964 bits per heavy atom. The summed E-state index contributed by atoms with van der Waals surface area (Å²) in [6.07, 6.45) is 1.55. The largest absolute Gasteiger partial charge is 0.497 e. The van der Waals surface area contributed by atoms with Crippen molar-refractivity contribution in [3.05, 3.63) is 64.5 Å². The molecule has 0 spiro atoms. The average molecular weight is 394 g/mol. The molecule has 0 bridgehead atoms. The van der Waals surface area contributed by atoms with Crippen LogP contribution in [0.3, 0.4) is 0 Å². The highest BCUT2D eigenvalue weighted by Crippen LogP contribution is 2.36. The van der Waals surface area contributed by atoms with Crippen molar-refractivity contribution in [2.24, 2.45) is 0 Å². The number of hydrogen-bond donors (Lipinski definition) is 0. The van der Waals surface area contributed by atoms with Gasteiger partial charge in [0, 0.05) is 17.0 Å². The van der Waals surface area contributed by atoms with E-state index in [2.05, 4.69) is 4.98 Å². The van der Waals surface area contributed by atoms with Gasteiger partial charge >= 0.3 is 0 Å². The van der Waals surface area contributed by atoms with E-state index < -0.39 is 0 Å². The molecular formula is C21H18N2O4S. The minimum Gasteiger partial charge on any atom is -0.497 e. The molecule has 0 aliphatic carbocycles. The van der Waals surface area contributed by atoms with Crippen LogP contribution in [0.4, 0.5) is 0 Å². The molecule has 0 saturated carbocycles. The van der Waals surface area contributed by atoms with Crippen LogP contribution in [-0.4, -0.2) is 30.9 Å². The first-order chi connectivity index (χ1) is 13.7. The molecule has 4 aromatic rings. The van der Waals surface area contributed by atoms with Crippen LogP contribution in [0.5, 0.6) is 17.2 Å². The number of hydrogen-bond acceptors (Lipinski definition) is 6. The monoisotopic (exact) mass is 394 g/mol. The molecule has 0 amide bonds. The third-order valence-corrected chi connectivity index (χ3v) is 5.41. The number of ether oxygens (including phenoxy) is 3. The van der Waals surface area contributed by atoms with E-state index >= 15 is 0 Å². The van der Waals surface area contributed by atoms with E-state index in [1.807, 2.05) is 41.8 Å². The summed E-state index contributed by atoms with van der Waals surface area (Å²) in [7, 11) is 4.77. The topological polar surface area (TPSA) is 62.6 Å². The van der Waals surface area contributed by atoms with Crippen LogP contribution in [0.25, 0.3) is 27.0 Å². The van der Waals surface area contributed by atoms with Gasteiger partial charge in [0.25, 0.3) is 5.56 Å². The zero-order valence-corrected chi connectivity index (χ0v) is 16.4. The van der Waals surface area contributed by atoms with E-state index in [1.165, 1.54) is 15.9 Å². The number of aromatic nitrogens is 2. The highest BCUT2D eigenvalue weighted by molar-refractivity contribution is 7.17. The molecule has 6 nitrogen and oxygen atoms in total. The summed E-state index contributed by atoms with van der Waals surface area (Å²) in [6, 6.07) is 12.9. The van der Waals surface area contributed by atoms with E-state index in [9.17, 15) is 4.79 Å². The predicted molar refractivity (Wildman–Crippen MR) is 110 cm³/mol. The molecule has 4 rings (SSSR count).